The Bertz CT molecular complexity index is 388. The molecule has 1 aromatic carbocycles. The first-order valence-electron chi connectivity index (χ1n) is 6.89. The van der Waals surface area contributed by atoms with Crippen molar-refractivity contribution in [1.82, 2.24) is 5.32 Å². The molecule has 1 saturated carbocycles. The number of halogens is 2. The largest absolute Gasteiger partial charge is 0.310 e. The smallest absolute Gasteiger partial charge is 0.128 e. The van der Waals surface area contributed by atoms with Crippen molar-refractivity contribution in [3.05, 3.63) is 34.1 Å². The summed E-state index contributed by atoms with van der Waals surface area (Å²) in [5, 5.41) is 3.43. The van der Waals surface area contributed by atoms with Gasteiger partial charge in [0.1, 0.15) is 5.82 Å². The second-order valence-electron chi connectivity index (χ2n) is 5.16. The third-order valence-corrected chi connectivity index (χ3v) is 4.32. The highest BCUT2D eigenvalue weighted by Gasteiger charge is 2.22. The maximum absolute atomic E-state index is 14.0. The number of benzene rings is 1. The second-order valence-corrected chi connectivity index (χ2v) is 6.08. The molecular formula is C15H21BrFN. The molecule has 1 fully saturated rings. The first-order chi connectivity index (χ1) is 8.70. The lowest BCUT2D eigenvalue weighted by Gasteiger charge is -2.22. The molecule has 1 nitrogen and oxygen atoms in total. The minimum absolute atomic E-state index is 0.0952. The molecule has 2 rings (SSSR count). The van der Waals surface area contributed by atoms with Gasteiger partial charge in [0.2, 0.25) is 0 Å². The number of hydrogen-bond acceptors (Lipinski definition) is 1. The molecule has 0 aliphatic heterocycles. The van der Waals surface area contributed by atoms with Crippen LogP contribution >= 0.6 is 15.9 Å². The topological polar surface area (TPSA) is 12.0 Å². The minimum Gasteiger partial charge on any atom is -0.310 e. The molecule has 1 atom stereocenters. The fraction of sp³-hybridized carbons (Fsp3) is 0.600. The maximum Gasteiger partial charge on any atom is 0.128 e. The summed E-state index contributed by atoms with van der Waals surface area (Å²) in [6.45, 7) is 2.96. The molecule has 0 aromatic heterocycles. The van der Waals surface area contributed by atoms with E-state index in [4.69, 9.17) is 0 Å². The summed E-state index contributed by atoms with van der Waals surface area (Å²) in [4.78, 5) is 0. The Kier molecular flexibility index (Phi) is 5.19. The van der Waals surface area contributed by atoms with Crippen LogP contribution in [0.4, 0.5) is 4.39 Å². The Morgan fingerprint density at radius 1 is 1.39 bits per heavy atom. The zero-order valence-corrected chi connectivity index (χ0v) is 12.5. The second kappa shape index (κ2) is 6.67. The van der Waals surface area contributed by atoms with Crippen molar-refractivity contribution < 1.29 is 4.39 Å². The van der Waals surface area contributed by atoms with Crippen LogP contribution in [-0.4, -0.2) is 6.54 Å². The molecule has 0 radical (unpaired) electrons. The van der Waals surface area contributed by atoms with Crippen LogP contribution in [-0.2, 0) is 0 Å². The van der Waals surface area contributed by atoms with E-state index in [1.54, 1.807) is 12.1 Å². The molecule has 0 saturated heterocycles. The van der Waals surface area contributed by atoms with Gasteiger partial charge < -0.3 is 5.32 Å². The lowest BCUT2D eigenvalue weighted by molar-refractivity contribution is 0.390. The van der Waals surface area contributed by atoms with Crippen LogP contribution in [0.1, 0.15) is 50.6 Å². The molecule has 1 aromatic rings. The molecule has 1 aliphatic rings. The highest BCUT2D eigenvalue weighted by atomic mass is 79.9. The highest BCUT2D eigenvalue weighted by Crippen LogP contribution is 2.34. The maximum atomic E-state index is 14.0. The van der Waals surface area contributed by atoms with E-state index in [1.165, 1.54) is 25.7 Å². The molecule has 1 unspecified atom stereocenters. The van der Waals surface area contributed by atoms with E-state index in [0.29, 0.717) is 0 Å². The molecule has 0 spiro atoms. The van der Waals surface area contributed by atoms with Crippen molar-refractivity contribution >= 4 is 15.9 Å². The van der Waals surface area contributed by atoms with E-state index in [-0.39, 0.29) is 11.9 Å². The van der Waals surface area contributed by atoms with E-state index in [9.17, 15) is 4.39 Å². The van der Waals surface area contributed by atoms with Gasteiger partial charge in [0.25, 0.3) is 0 Å². The fourth-order valence-corrected chi connectivity index (χ4v) is 3.31. The molecule has 3 heteroatoms. The van der Waals surface area contributed by atoms with Crippen LogP contribution in [0.25, 0.3) is 0 Å². The highest BCUT2D eigenvalue weighted by molar-refractivity contribution is 9.10. The lowest BCUT2D eigenvalue weighted by Crippen LogP contribution is -2.24. The summed E-state index contributed by atoms with van der Waals surface area (Å²) in [6.07, 6.45) is 6.34. The Balaban J connectivity index is 2.14. The Hall–Kier alpha value is -0.410. The van der Waals surface area contributed by atoms with Crippen LogP contribution < -0.4 is 5.32 Å². The van der Waals surface area contributed by atoms with Gasteiger partial charge in [-0.3, -0.25) is 0 Å². The van der Waals surface area contributed by atoms with E-state index in [2.05, 4.69) is 28.2 Å². The van der Waals surface area contributed by atoms with Gasteiger partial charge in [-0.15, -0.1) is 0 Å². The van der Waals surface area contributed by atoms with Gasteiger partial charge in [0, 0.05) is 16.1 Å². The van der Waals surface area contributed by atoms with Crippen molar-refractivity contribution in [2.24, 2.45) is 5.92 Å². The van der Waals surface area contributed by atoms with Crippen molar-refractivity contribution in [2.75, 3.05) is 6.54 Å². The molecule has 18 heavy (non-hydrogen) atoms. The van der Waals surface area contributed by atoms with Gasteiger partial charge in [-0.25, -0.2) is 4.39 Å². The number of nitrogens with one attached hydrogen (secondary N) is 1. The summed E-state index contributed by atoms with van der Waals surface area (Å²) in [7, 11) is 0. The van der Waals surface area contributed by atoms with Crippen LogP contribution in [0.2, 0.25) is 0 Å². The summed E-state index contributed by atoms with van der Waals surface area (Å²) in [5.74, 6) is 0.662. The molecule has 1 aliphatic carbocycles. The van der Waals surface area contributed by atoms with Gasteiger partial charge in [-0.2, -0.15) is 0 Å². The van der Waals surface area contributed by atoms with Gasteiger partial charge in [0.15, 0.2) is 0 Å². The third kappa shape index (κ3) is 3.55. The predicted molar refractivity (Wildman–Crippen MR) is 77.1 cm³/mol. The molecule has 100 valence electrons. The molecule has 0 bridgehead atoms. The first-order valence-corrected chi connectivity index (χ1v) is 7.68. The average Bonchev–Trinajstić information content (AvgIpc) is 2.85. The van der Waals surface area contributed by atoms with Crippen molar-refractivity contribution in [2.45, 2.75) is 45.1 Å². The predicted octanol–water partition coefficient (Wildman–Crippen LogP) is 4.82. The molecule has 0 amide bonds. The minimum atomic E-state index is -0.0952. The van der Waals surface area contributed by atoms with E-state index in [1.807, 2.05) is 6.07 Å². The van der Waals surface area contributed by atoms with Gasteiger partial charge >= 0.3 is 0 Å². The van der Waals surface area contributed by atoms with Crippen LogP contribution in [0.5, 0.6) is 0 Å². The normalized spacial score (nSPS) is 18.2. The van der Waals surface area contributed by atoms with Crippen molar-refractivity contribution in [3.8, 4) is 0 Å². The first kappa shape index (κ1) is 14.0. The van der Waals surface area contributed by atoms with Crippen LogP contribution in [0.15, 0.2) is 22.7 Å². The Morgan fingerprint density at radius 2 is 2.11 bits per heavy atom. The Morgan fingerprint density at radius 3 is 2.78 bits per heavy atom. The zero-order chi connectivity index (χ0) is 13.0. The third-order valence-electron chi connectivity index (χ3n) is 3.83. The van der Waals surface area contributed by atoms with E-state index in [0.717, 1.165) is 28.9 Å². The molecular weight excluding hydrogens is 293 g/mol. The van der Waals surface area contributed by atoms with E-state index < -0.39 is 0 Å². The fourth-order valence-electron chi connectivity index (χ4n) is 2.93. The van der Waals surface area contributed by atoms with Gasteiger partial charge in [-0.05, 0) is 37.1 Å². The monoisotopic (exact) mass is 313 g/mol. The average molecular weight is 314 g/mol. The summed E-state index contributed by atoms with van der Waals surface area (Å²) >= 11 is 3.43. The van der Waals surface area contributed by atoms with Crippen molar-refractivity contribution in [1.29, 1.82) is 0 Å². The van der Waals surface area contributed by atoms with E-state index >= 15 is 0 Å². The standard InChI is InChI=1S/C15H21BrFN/c1-2-18-15(9-11-5-3-4-6-11)13-10-12(16)7-8-14(13)17/h7-8,10-11,15,18H,2-6,9H2,1H3. The molecule has 0 heterocycles. The number of hydrogen-bond donors (Lipinski definition) is 1. The number of rotatable bonds is 5. The summed E-state index contributed by atoms with van der Waals surface area (Å²) in [6, 6.07) is 5.38. The van der Waals surface area contributed by atoms with Gasteiger partial charge in [0.05, 0.1) is 0 Å². The Labute approximate surface area is 117 Å². The zero-order valence-electron chi connectivity index (χ0n) is 10.9. The quantitative estimate of drug-likeness (QED) is 0.821. The lowest BCUT2D eigenvalue weighted by atomic mass is 9.93. The molecule has 1 N–H and O–H groups in total. The van der Waals surface area contributed by atoms with Crippen molar-refractivity contribution in [3.63, 3.8) is 0 Å². The van der Waals surface area contributed by atoms with Crippen LogP contribution in [0, 0.1) is 11.7 Å². The van der Waals surface area contributed by atoms with Crippen LogP contribution in [0.3, 0.4) is 0 Å². The van der Waals surface area contributed by atoms with Gasteiger partial charge in [-0.1, -0.05) is 48.5 Å². The summed E-state index contributed by atoms with van der Waals surface area (Å²) < 4.78 is 14.9. The SMILES string of the molecule is CCNC(CC1CCCC1)c1cc(Br)ccc1F. The summed E-state index contributed by atoms with van der Waals surface area (Å²) in [5.41, 5.74) is 0.804.